The summed E-state index contributed by atoms with van der Waals surface area (Å²) < 4.78 is 18.6. The molecule has 4 nitrogen and oxygen atoms in total. The second-order valence-corrected chi connectivity index (χ2v) is 4.46. The summed E-state index contributed by atoms with van der Waals surface area (Å²) >= 11 is 0. The standard InChI is InChI=1S/C14H16FNO3/c1-19-9-10-4-6-16(7-5-10)14(18)12-3-2-11(17)8-13(12)15/h2-4,8,17H,5-7,9H2,1H3. The van der Waals surface area contributed by atoms with Crippen molar-refractivity contribution < 1.29 is 19.0 Å². The number of hydrogen-bond acceptors (Lipinski definition) is 3. The molecule has 2 rings (SSSR count). The van der Waals surface area contributed by atoms with Crippen molar-refractivity contribution in [3.05, 3.63) is 41.2 Å². The van der Waals surface area contributed by atoms with Gasteiger partial charge in [0.1, 0.15) is 11.6 Å². The molecule has 0 bridgehead atoms. The number of rotatable bonds is 3. The van der Waals surface area contributed by atoms with Gasteiger partial charge in [0.05, 0.1) is 12.2 Å². The van der Waals surface area contributed by atoms with E-state index in [9.17, 15) is 9.18 Å². The van der Waals surface area contributed by atoms with Gasteiger partial charge in [0, 0.05) is 26.3 Å². The Kier molecular flexibility index (Phi) is 4.16. The van der Waals surface area contributed by atoms with Crippen LogP contribution in [0.25, 0.3) is 0 Å². The molecule has 0 aliphatic carbocycles. The Morgan fingerprint density at radius 3 is 2.89 bits per heavy atom. The summed E-state index contributed by atoms with van der Waals surface area (Å²) in [6, 6.07) is 3.57. The summed E-state index contributed by atoms with van der Waals surface area (Å²) in [7, 11) is 1.63. The number of methoxy groups -OCH3 is 1. The first-order valence-electron chi connectivity index (χ1n) is 6.06. The number of halogens is 1. The van der Waals surface area contributed by atoms with Crippen molar-refractivity contribution in [3.63, 3.8) is 0 Å². The zero-order valence-electron chi connectivity index (χ0n) is 10.7. The van der Waals surface area contributed by atoms with Gasteiger partial charge in [-0.25, -0.2) is 4.39 Å². The minimum atomic E-state index is -0.698. The number of carbonyl (C=O) groups excluding carboxylic acids is 1. The predicted octanol–water partition coefficient (Wildman–Crippen LogP) is 1.95. The van der Waals surface area contributed by atoms with Crippen molar-refractivity contribution in [3.8, 4) is 5.75 Å². The minimum absolute atomic E-state index is 0.0126. The summed E-state index contributed by atoms with van der Waals surface area (Å²) in [6.45, 7) is 1.57. The molecule has 0 unspecified atom stereocenters. The molecule has 1 aromatic carbocycles. The number of phenols is 1. The molecule has 1 aromatic rings. The minimum Gasteiger partial charge on any atom is -0.508 e. The molecule has 5 heteroatoms. The monoisotopic (exact) mass is 265 g/mol. The zero-order valence-corrected chi connectivity index (χ0v) is 10.7. The van der Waals surface area contributed by atoms with Gasteiger partial charge in [0.2, 0.25) is 0 Å². The SMILES string of the molecule is COCC1=CCN(C(=O)c2ccc(O)cc2F)CC1. The first-order chi connectivity index (χ1) is 9.11. The number of nitrogens with zero attached hydrogens (tertiary/aromatic N) is 1. The number of ether oxygens (including phenoxy) is 1. The van der Waals surface area contributed by atoms with E-state index in [1.165, 1.54) is 12.1 Å². The maximum Gasteiger partial charge on any atom is 0.257 e. The molecule has 1 aliphatic heterocycles. The van der Waals surface area contributed by atoms with Crippen LogP contribution in [-0.4, -0.2) is 42.7 Å². The third-order valence-electron chi connectivity index (χ3n) is 3.10. The van der Waals surface area contributed by atoms with Crippen LogP contribution in [0.2, 0.25) is 0 Å². The molecule has 102 valence electrons. The Morgan fingerprint density at radius 1 is 1.53 bits per heavy atom. The molecule has 0 saturated heterocycles. The van der Waals surface area contributed by atoms with E-state index >= 15 is 0 Å². The molecular weight excluding hydrogens is 249 g/mol. The number of carbonyl (C=O) groups is 1. The van der Waals surface area contributed by atoms with Gasteiger partial charge < -0.3 is 14.7 Å². The molecule has 19 heavy (non-hydrogen) atoms. The van der Waals surface area contributed by atoms with Crippen LogP contribution in [0.1, 0.15) is 16.8 Å². The number of benzene rings is 1. The topological polar surface area (TPSA) is 49.8 Å². The van der Waals surface area contributed by atoms with Gasteiger partial charge >= 0.3 is 0 Å². The van der Waals surface area contributed by atoms with Crippen molar-refractivity contribution in [1.29, 1.82) is 0 Å². The van der Waals surface area contributed by atoms with E-state index in [0.717, 1.165) is 18.1 Å². The Morgan fingerprint density at radius 2 is 2.32 bits per heavy atom. The van der Waals surface area contributed by atoms with Crippen LogP contribution in [0, 0.1) is 5.82 Å². The molecule has 1 N–H and O–H groups in total. The van der Waals surface area contributed by atoms with Crippen molar-refractivity contribution in [2.24, 2.45) is 0 Å². The third kappa shape index (κ3) is 3.12. The lowest BCUT2D eigenvalue weighted by Gasteiger charge is -2.26. The van der Waals surface area contributed by atoms with E-state index in [1.54, 1.807) is 12.0 Å². The number of aromatic hydroxyl groups is 1. The van der Waals surface area contributed by atoms with Gasteiger partial charge in [-0.1, -0.05) is 6.08 Å². The highest BCUT2D eigenvalue weighted by molar-refractivity contribution is 5.94. The molecule has 1 aliphatic rings. The maximum atomic E-state index is 13.6. The maximum absolute atomic E-state index is 13.6. The van der Waals surface area contributed by atoms with Crippen molar-refractivity contribution in [2.75, 3.05) is 26.8 Å². The third-order valence-corrected chi connectivity index (χ3v) is 3.10. The van der Waals surface area contributed by atoms with Gasteiger partial charge in [0.15, 0.2) is 0 Å². The largest absolute Gasteiger partial charge is 0.508 e. The number of hydrogen-bond donors (Lipinski definition) is 1. The molecule has 0 aromatic heterocycles. The Hall–Kier alpha value is -1.88. The average Bonchev–Trinajstić information content (AvgIpc) is 2.39. The highest BCUT2D eigenvalue weighted by atomic mass is 19.1. The molecule has 1 heterocycles. The molecular formula is C14H16FNO3. The van der Waals surface area contributed by atoms with E-state index in [-0.39, 0.29) is 17.2 Å². The summed E-state index contributed by atoms with van der Waals surface area (Å²) in [6.07, 6.45) is 2.67. The van der Waals surface area contributed by atoms with Crippen LogP contribution in [0.15, 0.2) is 29.8 Å². The molecule has 1 amide bonds. The van der Waals surface area contributed by atoms with Gasteiger partial charge in [-0.2, -0.15) is 0 Å². The van der Waals surface area contributed by atoms with Crippen LogP contribution >= 0.6 is 0 Å². The second-order valence-electron chi connectivity index (χ2n) is 4.46. The summed E-state index contributed by atoms with van der Waals surface area (Å²) in [5, 5.41) is 9.14. The lowest BCUT2D eigenvalue weighted by molar-refractivity contribution is 0.0760. The summed E-state index contributed by atoms with van der Waals surface area (Å²) in [4.78, 5) is 13.7. The first kappa shape index (κ1) is 13.5. The lowest BCUT2D eigenvalue weighted by atomic mass is 10.1. The highest BCUT2D eigenvalue weighted by Gasteiger charge is 2.21. The van der Waals surface area contributed by atoms with Gasteiger partial charge in [-0.05, 0) is 24.1 Å². The fraction of sp³-hybridized carbons (Fsp3) is 0.357. The summed E-state index contributed by atoms with van der Waals surface area (Å²) in [5.74, 6) is -1.24. The summed E-state index contributed by atoms with van der Waals surface area (Å²) in [5.41, 5.74) is 1.14. The van der Waals surface area contributed by atoms with E-state index in [2.05, 4.69) is 0 Å². The van der Waals surface area contributed by atoms with Crippen LogP contribution in [0.3, 0.4) is 0 Å². The first-order valence-corrected chi connectivity index (χ1v) is 6.06. The van der Waals surface area contributed by atoms with Gasteiger partial charge in [-0.3, -0.25) is 4.79 Å². The van der Waals surface area contributed by atoms with Crippen molar-refractivity contribution >= 4 is 5.91 Å². The smallest absolute Gasteiger partial charge is 0.257 e. The molecule has 0 spiro atoms. The van der Waals surface area contributed by atoms with Crippen LogP contribution in [-0.2, 0) is 4.74 Å². The van der Waals surface area contributed by atoms with E-state index in [1.807, 2.05) is 6.08 Å². The Bertz CT molecular complexity index is 513. The van der Waals surface area contributed by atoms with E-state index in [4.69, 9.17) is 9.84 Å². The molecule has 0 saturated carbocycles. The molecule has 0 radical (unpaired) electrons. The highest BCUT2D eigenvalue weighted by Crippen LogP contribution is 2.19. The quantitative estimate of drug-likeness (QED) is 0.850. The Balaban J connectivity index is 2.09. The van der Waals surface area contributed by atoms with Crippen molar-refractivity contribution in [1.82, 2.24) is 4.90 Å². The molecule has 0 atom stereocenters. The van der Waals surface area contributed by atoms with E-state index in [0.29, 0.717) is 19.7 Å². The zero-order chi connectivity index (χ0) is 13.8. The Labute approximate surface area is 111 Å². The second kappa shape index (κ2) is 5.84. The van der Waals surface area contributed by atoms with Gasteiger partial charge in [-0.15, -0.1) is 0 Å². The number of phenolic OH excluding ortho intramolecular Hbond substituents is 1. The van der Waals surface area contributed by atoms with Crippen LogP contribution in [0.5, 0.6) is 5.75 Å². The normalized spacial score (nSPS) is 15.3. The average molecular weight is 265 g/mol. The molecule has 0 fully saturated rings. The fourth-order valence-electron chi connectivity index (χ4n) is 2.06. The van der Waals surface area contributed by atoms with Crippen LogP contribution < -0.4 is 0 Å². The van der Waals surface area contributed by atoms with Crippen LogP contribution in [0.4, 0.5) is 4.39 Å². The van der Waals surface area contributed by atoms with E-state index < -0.39 is 5.82 Å². The fourth-order valence-corrected chi connectivity index (χ4v) is 2.06. The predicted molar refractivity (Wildman–Crippen MR) is 68.5 cm³/mol. The van der Waals surface area contributed by atoms with Crippen molar-refractivity contribution in [2.45, 2.75) is 6.42 Å². The van der Waals surface area contributed by atoms with Gasteiger partial charge in [0.25, 0.3) is 5.91 Å². The lowest BCUT2D eigenvalue weighted by Crippen LogP contribution is -2.35. The number of amides is 1.